The molecule has 2 N–H and O–H groups in total. The number of benzene rings is 1. The first-order valence-electron chi connectivity index (χ1n) is 6.55. The zero-order valence-electron chi connectivity index (χ0n) is 11.5. The number of nitrogens with two attached hydrogens (primary N) is 1. The van der Waals surface area contributed by atoms with Crippen molar-refractivity contribution in [2.45, 2.75) is 39.7 Å². The third-order valence-electron chi connectivity index (χ3n) is 3.39. The van der Waals surface area contributed by atoms with Crippen molar-refractivity contribution in [3.63, 3.8) is 0 Å². The van der Waals surface area contributed by atoms with Crippen LogP contribution < -0.4 is 5.73 Å². The van der Waals surface area contributed by atoms with Gasteiger partial charge in [-0.15, -0.1) is 5.10 Å². The molecule has 1 aromatic heterocycles. The van der Waals surface area contributed by atoms with E-state index >= 15 is 0 Å². The Morgan fingerprint density at radius 1 is 1.37 bits per heavy atom. The molecule has 0 aliphatic carbocycles. The van der Waals surface area contributed by atoms with Gasteiger partial charge in [0.15, 0.2) is 0 Å². The number of halogens is 1. The number of hydrogen-bond donors (Lipinski definition) is 1. The van der Waals surface area contributed by atoms with Crippen molar-refractivity contribution >= 4 is 15.9 Å². The summed E-state index contributed by atoms with van der Waals surface area (Å²) < 4.78 is 2.98. The van der Waals surface area contributed by atoms with E-state index in [4.69, 9.17) is 5.73 Å². The van der Waals surface area contributed by atoms with E-state index in [-0.39, 0.29) is 6.04 Å². The van der Waals surface area contributed by atoms with Crippen LogP contribution in [0.15, 0.2) is 22.7 Å². The molecule has 102 valence electrons. The molecule has 2 rings (SSSR count). The topological polar surface area (TPSA) is 56.7 Å². The molecule has 5 heteroatoms. The zero-order chi connectivity index (χ0) is 14.0. The third kappa shape index (κ3) is 2.58. The molecule has 0 amide bonds. The van der Waals surface area contributed by atoms with Gasteiger partial charge in [-0.1, -0.05) is 41.1 Å². The maximum atomic E-state index is 6.10. The minimum atomic E-state index is -0.0452. The first-order valence-corrected chi connectivity index (χ1v) is 7.34. The monoisotopic (exact) mass is 322 g/mol. The van der Waals surface area contributed by atoms with Crippen LogP contribution in [0.3, 0.4) is 0 Å². The van der Waals surface area contributed by atoms with Crippen molar-refractivity contribution in [1.29, 1.82) is 0 Å². The summed E-state index contributed by atoms with van der Waals surface area (Å²) >= 11 is 3.55. The van der Waals surface area contributed by atoms with Gasteiger partial charge in [-0.25, -0.2) is 4.68 Å². The first kappa shape index (κ1) is 14.2. The largest absolute Gasteiger partial charge is 0.323 e. The summed E-state index contributed by atoms with van der Waals surface area (Å²) in [5.41, 5.74) is 10.3. The van der Waals surface area contributed by atoms with Crippen LogP contribution in [0.1, 0.15) is 43.3 Å². The Morgan fingerprint density at radius 2 is 2.11 bits per heavy atom. The Bertz CT molecular complexity index is 577. The van der Waals surface area contributed by atoms with Crippen LogP contribution in [0.4, 0.5) is 0 Å². The molecule has 0 bridgehead atoms. The molecule has 0 spiro atoms. The second kappa shape index (κ2) is 5.84. The average Bonchev–Trinajstić information content (AvgIpc) is 2.84. The minimum absolute atomic E-state index is 0.0452. The second-order valence-corrected chi connectivity index (χ2v) is 5.44. The van der Waals surface area contributed by atoms with Crippen LogP contribution in [0, 0.1) is 6.92 Å². The molecular weight excluding hydrogens is 304 g/mol. The lowest BCUT2D eigenvalue weighted by molar-refractivity contribution is 0.665. The van der Waals surface area contributed by atoms with Gasteiger partial charge in [0.25, 0.3) is 0 Å². The van der Waals surface area contributed by atoms with Gasteiger partial charge in [0.1, 0.15) is 5.69 Å². The summed E-state index contributed by atoms with van der Waals surface area (Å²) in [5.74, 6) is 0. The molecule has 0 fully saturated rings. The Hall–Kier alpha value is -1.20. The van der Waals surface area contributed by atoms with Crippen molar-refractivity contribution in [1.82, 2.24) is 15.0 Å². The van der Waals surface area contributed by atoms with Crippen molar-refractivity contribution in [3.05, 3.63) is 39.6 Å². The van der Waals surface area contributed by atoms with Gasteiger partial charge in [0.05, 0.1) is 17.4 Å². The van der Waals surface area contributed by atoms with Gasteiger partial charge in [0, 0.05) is 4.47 Å². The molecule has 0 aliphatic rings. The number of aromatic nitrogens is 3. The lowest BCUT2D eigenvalue weighted by Gasteiger charge is -2.12. The summed E-state index contributed by atoms with van der Waals surface area (Å²) in [4.78, 5) is 0. The van der Waals surface area contributed by atoms with Crippen molar-refractivity contribution < 1.29 is 0 Å². The minimum Gasteiger partial charge on any atom is -0.323 e. The van der Waals surface area contributed by atoms with Crippen LogP contribution in [-0.2, 0) is 6.42 Å². The SMILES string of the molecule is CCc1c(C(N)CC)nnn1-c1cccc(Br)c1C. The summed E-state index contributed by atoms with van der Waals surface area (Å²) in [7, 11) is 0. The number of nitrogens with zero attached hydrogens (tertiary/aromatic N) is 3. The highest BCUT2D eigenvalue weighted by Gasteiger charge is 2.18. The fourth-order valence-corrected chi connectivity index (χ4v) is 2.50. The molecule has 1 unspecified atom stereocenters. The standard InChI is InChI=1S/C14H19BrN4/c1-4-11(16)14-12(5-2)19(18-17-14)13-8-6-7-10(15)9(13)3/h6-8,11H,4-5,16H2,1-3H3. The lowest BCUT2D eigenvalue weighted by Crippen LogP contribution is -2.12. The van der Waals surface area contributed by atoms with Gasteiger partial charge in [-0.05, 0) is 37.5 Å². The molecule has 2 aromatic rings. The fraction of sp³-hybridized carbons (Fsp3) is 0.429. The van der Waals surface area contributed by atoms with E-state index < -0.39 is 0 Å². The Labute approximate surface area is 122 Å². The zero-order valence-corrected chi connectivity index (χ0v) is 13.1. The summed E-state index contributed by atoms with van der Waals surface area (Å²) in [6.45, 7) is 6.24. The first-order chi connectivity index (χ1) is 9.10. The van der Waals surface area contributed by atoms with E-state index in [1.165, 1.54) is 0 Å². The van der Waals surface area contributed by atoms with Crippen LogP contribution >= 0.6 is 15.9 Å². The molecule has 0 saturated heterocycles. The van der Waals surface area contributed by atoms with Gasteiger partial charge in [0.2, 0.25) is 0 Å². The highest BCUT2D eigenvalue weighted by atomic mass is 79.9. The van der Waals surface area contributed by atoms with E-state index in [0.29, 0.717) is 0 Å². The fourth-order valence-electron chi connectivity index (χ4n) is 2.14. The molecule has 0 saturated carbocycles. The van der Waals surface area contributed by atoms with Gasteiger partial charge < -0.3 is 5.73 Å². The summed E-state index contributed by atoms with van der Waals surface area (Å²) in [6.07, 6.45) is 1.73. The molecule has 4 nitrogen and oxygen atoms in total. The van der Waals surface area contributed by atoms with Gasteiger partial charge in [-0.2, -0.15) is 0 Å². The predicted molar refractivity (Wildman–Crippen MR) is 80.4 cm³/mol. The maximum absolute atomic E-state index is 6.10. The third-order valence-corrected chi connectivity index (χ3v) is 4.25. The van der Waals surface area contributed by atoms with E-state index in [1.807, 2.05) is 16.8 Å². The summed E-state index contributed by atoms with van der Waals surface area (Å²) in [5, 5.41) is 8.57. The van der Waals surface area contributed by atoms with Gasteiger partial charge >= 0.3 is 0 Å². The molecular formula is C14H19BrN4. The highest BCUT2D eigenvalue weighted by molar-refractivity contribution is 9.10. The van der Waals surface area contributed by atoms with E-state index in [2.05, 4.69) is 53.1 Å². The molecule has 19 heavy (non-hydrogen) atoms. The van der Waals surface area contributed by atoms with Gasteiger partial charge in [-0.3, -0.25) is 0 Å². The maximum Gasteiger partial charge on any atom is 0.103 e. The molecule has 1 aromatic carbocycles. The van der Waals surface area contributed by atoms with E-state index in [9.17, 15) is 0 Å². The smallest absolute Gasteiger partial charge is 0.103 e. The highest BCUT2D eigenvalue weighted by Crippen LogP contribution is 2.25. The van der Waals surface area contributed by atoms with Crippen LogP contribution in [0.5, 0.6) is 0 Å². The van der Waals surface area contributed by atoms with Crippen LogP contribution in [0.2, 0.25) is 0 Å². The Balaban J connectivity index is 2.57. The second-order valence-electron chi connectivity index (χ2n) is 4.59. The van der Waals surface area contributed by atoms with E-state index in [1.54, 1.807) is 0 Å². The number of rotatable bonds is 4. The van der Waals surface area contributed by atoms with Crippen molar-refractivity contribution in [2.24, 2.45) is 5.73 Å². The molecule has 1 atom stereocenters. The molecule has 0 aliphatic heterocycles. The lowest BCUT2D eigenvalue weighted by atomic mass is 10.1. The normalized spacial score (nSPS) is 12.7. The Kier molecular flexibility index (Phi) is 4.37. The molecule has 1 heterocycles. The van der Waals surface area contributed by atoms with E-state index in [0.717, 1.165) is 40.0 Å². The quantitative estimate of drug-likeness (QED) is 0.939. The van der Waals surface area contributed by atoms with Crippen LogP contribution in [0.25, 0.3) is 5.69 Å². The Morgan fingerprint density at radius 3 is 2.74 bits per heavy atom. The van der Waals surface area contributed by atoms with Crippen molar-refractivity contribution in [3.8, 4) is 5.69 Å². The summed E-state index contributed by atoms with van der Waals surface area (Å²) in [6, 6.07) is 6.04. The molecule has 0 radical (unpaired) electrons. The van der Waals surface area contributed by atoms with Crippen LogP contribution in [-0.4, -0.2) is 15.0 Å². The van der Waals surface area contributed by atoms with Crippen molar-refractivity contribution in [2.75, 3.05) is 0 Å². The average molecular weight is 323 g/mol. The predicted octanol–water partition coefficient (Wildman–Crippen LogP) is 3.31. The number of hydrogen-bond acceptors (Lipinski definition) is 3.